The van der Waals surface area contributed by atoms with Crippen molar-refractivity contribution in [3.8, 4) is 0 Å². The van der Waals surface area contributed by atoms with Gasteiger partial charge in [0.05, 0.1) is 11.6 Å². The highest BCUT2D eigenvalue weighted by Crippen LogP contribution is 2.09. The fraction of sp³-hybridized carbons (Fsp3) is 0.444. The molecule has 0 fully saturated rings. The monoisotopic (exact) mass is 227 g/mol. The van der Waals surface area contributed by atoms with Crippen LogP contribution in [0.1, 0.15) is 23.0 Å². The van der Waals surface area contributed by atoms with E-state index >= 15 is 0 Å². The number of aromatic nitrogens is 2. The number of hydrogen-bond acceptors (Lipinski definition) is 4. The minimum Gasteiger partial charge on any atom is -0.461 e. The summed E-state index contributed by atoms with van der Waals surface area (Å²) in [6.07, 6.45) is 2.07. The van der Waals surface area contributed by atoms with Gasteiger partial charge in [-0.25, -0.2) is 4.79 Å². The molecule has 1 heterocycles. The molecule has 82 valence electrons. The molecule has 0 aliphatic rings. The number of ether oxygens (including phenoxy) is 1. The van der Waals surface area contributed by atoms with Gasteiger partial charge in [-0.05, 0) is 6.92 Å². The van der Waals surface area contributed by atoms with E-state index in [4.69, 9.17) is 22.7 Å². The zero-order valence-corrected chi connectivity index (χ0v) is 9.50. The number of aryl methyl sites for hydroxylation is 1. The first kappa shape index (κ1) is 11.6. The number of hydrogen-bond donors (Lipinski definition) is 1. The van der Waals surface area contributed by atoms with Gasteiger partial charge in [0, 0.05) is 25.2 Å². The standard InChI is InChI=1S/C9H13N3O2S/c1-3-14-9(13)8-6(4-7(10)15)5-12(2)11-8/h5H,3-4H2,1-2H3,(H2,10,15). The van der Waals surface area contributed by atoms with E-state index in [1.54, 1.807) is 24.9 Å². The Morgan fingerprint density at radius 2 is 2.40 bits per heavy atom. The molecule has 0 aromatic carbocycles. The van der Waals surface area contributed by atoms with Crippen LogP contribution < -0.4 is 5.73 Å². The van der Waals surface area contributed by atoms with Crippen molar-refractivity contribution < 1.29 is 9.53 Å². The Labute approximate surface area is 93.2 Å². The smallest absolute Gasteiger partial charge is 0.359 e. The zero-order chi connectivity index (χ0) is 11.4. The van der Waals surface area contributed by atoms with E-state index in [2.05, 4.69) is 5.10 Å². The predicted molar refractivity (Wildman–Crippen MR) is 59.7 cm³/mol. The summed E-state index contributed by atoms with van der Waals surface area (Å²) < 4.78 is 6.41. The molecular weight excluding hydrogens is 214 g/mol. The lowest BCUT2D eigenvalue weighted by Gasteiger charge is -2.00. The average Bonchev–Trinajstić information content (AvgIpc) is 2.46. The van der Waals surface area contributed by atoms with E-state index in [9.17, 15) is 4.79 Å². The van der Waals surface area contributed by atoms with Crippen molar-refractivity contribution >= 4 is 23.2 Å². The summed E-state index contributed by atoms with van der Waals surface area (Å²) in [7, 11) is 1.73. The van der Waals surface area contributed by atoms with Gasteiger partial charge in [0.25, 0.3) is 0 Å². The van der Waals surface area contributed by atoms with Crippen molar-refractivity contribution in [1.82, 2.24) is 9.78 Å². The van der Waals surface area contributed by atoms with Crippen LogP contribution in [0.5, 0.6) is 0 Å². The molecule has 1 rings (SSSR count). The van der Waals surface area contributed by atoms with Gasteiger partial charge < -0.3 is 10.5 Å². The first-order valence-electron chi connectivity index (χ1n) is 4.52. The third-order valence-electron chi connectivity index (χ3n) is 1.74. The third kappa shape index (κ3) is 3.02. The van der Waals surface area contributed by atoms with Crippen LogP contribution in [0.15, 0.2) is 6.20 Å². The Kier molecular flexibility index (Phi) is 3.79. The van der Waals surface area contributed by atoms with Gasteiger partial charge >= 0.3 is 5.97 Å². The quantitative estimate of drug-likeness (QED) is 0.596. The van der Waals surface area contributed by atoms with Crippen molar-refractivity contribution in [2.24, 2.45) is 12.8 Å². The molecule has 0 unspecified atom stereocenters. The van der Waals surface area contributed by atoms with E-state index < -0.39 is 5.97 Å². The average molecular weight is 227 g/mol. The fourth-order valence-corrected chi connectivity index (χ4v) is 1.38. The maximum atomic E-state index is 11.5. The van der Waals surface area contributed by atoms with Crippen LogP contribution in [0.25, 0.3) is 0 Å². The molecule has 2 N–H and O–H groups in total. The minimum atomic E-state index is -0.440. The highest BCUT2D eigenvalue weighted by molar-refractivity contribution is 7.80. The molecule has 0 aliphatic heterocycles. The Morgan fingerprint density at radius 3 is 2.93 bits per heavy atom. The molecule has 15 heavy (non-hydrogen) atoms. The summed E-state index contributed by atoms with van der Waals surface area (Å²) in [5, 5.41) is 4.01. The lowest BCUT2D eigenvalue weighted by atomic mass is 10.2. The van der Waals surface area contributed by atoms with Crippen LogP contribution in [0, 0.1) is 0 Å². The van der Waals surface area contributed by atoms with Crippen LogP contribution in [0.4, 0.5) is 0 Å². The van der Waals surface area contributed by atoms with Gasteiger partial charge in [0.1, 0.15) is 0 Å². The Bertz CT molecular complexity index is 387. The maximum Gasteiger partial charge on any atom is 0.359 e. The van der Waals surface area contributed by atoms with Gasteiger partial charge in [-0.2, -0.15) is 5.10 Å². The second kappa shape index (κ2) is 4.88. The summed E-state index contributed by atoms with van der Waals surface area (Å²) in [6, 6.07) is 0. The summed E-state index contributed by atoms with van der Waals surface area (Å²) in [5.74, 6) is -0.440. The highest BCUT2D eigenvalue weighted by atomic mass is 32.1. The third-order valence-corrected chi connectivity index (χ3v) is 1.88. The molecule has 1 aromatic heterocycles. The Morgan fingerprint density at radius 1 is 1.73 bits per heavy atom. The second-order valence-corrected chi connectivity index (χ2v) is 3.56. The molecule has 0 saturated heterocycles. The number of thiocarbonyl (C=S) groups is 1. The maximum absolute atomic E-state index is 11.5. The van der Waals surface area contributed by atoms with Crippen molar-refractivity contribution in [2.45, 2.75) is 13.3 Å². The molecule has 0 spiro atoms. The van der Waals surface area contributed by atoms with E-state index in [1.165, 1.54) is 0 Å². The van der Waals surface area contributed by atoms with E-state index in [0.717, 1.165) is 0 Å². The molecule has 0 atom stereocenters. The lowest BCUT2D eigenvalue weighted by Crippen LogP contribution is -2.14. The molecule has 5 nitrogen and oxygen atoms in total. The number of rotatable bonds is 4. The van der Waals surface area contributed by atoms with Gasteiger partial charge in [-0.3, -0.25) is 4.68 Å². The summed E-state index contributed by atoms with van der Waals surface area (Å²) >= 11 is 4.79. The number of carbonyl (C=O) groups excluding carboxylic acids is 1. The van der Waals surface area contributed by atoms with Crippen LogP contribution >= 0.6 is 12.2 Å². The van der Waals surface area contributed by atoms with Crippen molar-refractivity contribution in [1.29, 1.82) is 0 Å². The first-order valence-corrected chi connectivity index (χ1v) is 4.93. The SMILES string of the molecule is CCOC(=O)c1nn(C)cc1CC(N)=S. The molecule has 0 amide bonds. The number of nitrogens with two attached hydrogens (primary N) is 1. The summed E-state index contributed by atoms with van der Waals surface area (Å²) in [5.41, 5.74) is 6.40. The largest absolute Gasteiger partial charge is 0.461 e. The van der Waals surface area contributed by atoms with Gasteiger partial charge in [-0.1, -0.05) is 12.2 Å². The summed E-state index contributed by atoms with van der Waals surface area (Å²) in [4.78, 5) is 11.8. The molecule has 0 radical (unpaired) electrons. The van der Waals surface area contributed by atoms with E-state index in [1.807, 2.05) is 0 Å². The van der Waals surface area contributed by atoms with Crippen molar-refractivity contribution in [2.75, 3.05) is 6.61 Å². The van der Waals surface area contributed by atoms with Crippen LogP contribution in [0.2, 0.25) is 0 Å². The molecular formula is C9H13N3O2S. The number of nitrogens with zero attached hydrogens (tertiary/aromatic N) is 2. The predicted octanol–water partition coefficient (Wildman–Crippen LogP) is 0.425. The first-order chi connectivity index (χ1) is 7.04. The van der Waals surface area contributed by atoms with Gasteiger partial charge in [0.15, 0.2) is 5.69 Å². The number of carbonyl (C=O) groups is 1. The van der Waals surface area contributed by atoms with E-state index in [-0.39, 0.29) is 5.69 Å². The van der Waals surface area contributed by atoms with Gasteiger partial charge in [0.2, 0.25) is 0 Å². The highest BCUT2D eigenvalue weighted by Gasteiger charge is 2.17. The lowest BCUT2D eigenvalue weighted by molar-refractivity contribution is 0.0517. The van der Waals surface area contributed by atoms with Crippen molar-refractivity contribution in [3.05, 3.63) is 17.5 Å². The Hall–Kier alpha value is -1.43. The summed E-state index contributed by atoms with van der Waals surface area (Å²) in [6.45, 7) is 2.07. The zero-order valence-electron chi connectivity index (χ0n) is 8.69. The molecule has 0 saturated carbocycles. The van der Waals surface area contributed by atoms with Crippen LogP contribution in [-0.4, -0.2) is 27.3 Å². The van der Waals surface area contributed by atoms with E-state index in [0.29, 0.717) is 23.6 Å². The minimum absolute atomic E-state index is 0.284. The normalized spacial score (nSPS) is 10.0. The molecule has 1 aromatic rings. The second-order valence-electron chi connectivity index (χ2n) is 3.04. The Balaban J connectivity index is 2.95. The van der Waals surface area contributed by atoms with Crippen LogP contribution in [0.3, 0.4) is 0 Å². The molecule has 0 aliphatic carbocycles. The fourth-order valence-electron chi connectivity index (χ4n) is 1.23. The molecule has 6 heteroatoms. The van der Waals surface area contributed by atoms with Crippen molar-refractivity contribution in [3.63, 3.8) is 0 Å². The van der Waals surface area contributed by atoms with Crippen LogP contribution in [-0.2, 0) is 18.2 Å². The van der Waals surface area contributed by atoms with Gasteiger partial charge in [-0.15, -0.1) is 0 Å². The molecule has 0 bridgehead atoms. The topological polar surface area (TPSA) is 70.1 Å². The number of esters is 1.